The van der Waals surface area contributed by atoms with Crippen LogP contribution in [0.3, 0.4) is 0 Å². The van der Waals surface area contributed by atoms with Crippen molar-refractivity contribution in [2.75, 3.05) is 26.2 Å². The SMILES string of the molecule is O=S(=O)(c1cccc(Cl)c1)N1CCN(S(=O)(=O)c2ccccc2C(F)(F)F)CC1. The van der Waals surface area contributed by atoms with Crippen molar-refractivity contribution in [1.82, 2.24) is 8.61 Å². The van der Waals surface area contributed by atoms with E-state index in [0.29, 0.717) is 6.07 Å². The molecule has 6 nitrogen and oxygen atoms in total. The topological polar surface area (TPSA) is 74.8 Å². The first-order valence-electron chi connectivity index (χ1n) is 8.36. The van der Waals surface area contributed by atoms with E-state index in [4.69, 9.17) is 11.6 Å². The third-order valence-corrected chi connectivity index (χ3v) is 8.53. The van der Waals surface area contributed by atoms with E-state index in [1.165, 1.54) is 30.3 Å². The van der Waals surface area contributed by atoms with Gasteiger partial charge in [0.1, 0.15) is 0 Å². The second-order valence-corrected chi connectivity index (χ2v) is 10.5. The van der Waals surface area contributed by atoms with Crippen LogP contribution in [0, 0.1) is 0 Å². The molecular weight excluding hydrogens is 453 g/mol. The van der Waals surface area contributed by atoms with E-state index in [0.717, 1.165) is 20.7 Å². The first-order chi connectivity index (χ1) is 13.4. The second kappa shape index (κ2) is 7.88. The van der Waals surface area contributed by atoms with Crippen molar-refractivity contribution in [1.29, 1.82) is 0 Å². The average Bonchev–Trinajstić information content (AvgIpc) is 2.67. The summed E-state index contributed by atoms with van der Waals surface area (Å²) in [5.41, 5.74) is -1.26. The lowest BCUT2D eigenvalue weighted by Crippen LogP contribution is -2.50. The van der Waals surface area contributed by atoms with Crippen molar-refractivity contribution in [2.24, 2.45) is 0 Å². The number of benzene rings is 2. The maximum absolute atomic E-state index is 13.2. The Bertz CT molecular complexity index is 1110. The van der Waals surface area contributed by atoms with Gasteiger partial charge in [0.05, 0.1) is 15.4 Å². The van der Waals surface area contributed by atoms with E-state index in [1.54, 1.807) is 0 Å². The molecule has 0 radical (unpaired) electrons. The van der Waals surface area contributed by atoms with Gasteiger partial charge in [-0.2, -0.15) is 21.8 Å². The number of nitrogens with zero attached hydrogens (tertiary/aromatic N) is 2. The van der Waals surface area contributed by atoms with Crippen molar-refractivity contribution in [3.8, 4) is 0 Å². The number of hydrogen-bond donors (Lipinski definition) is 0. The van der Waals surface area contributed by atoms with E-state index >= 15 is 0 Å². The summed E-state index contributed by atoms with van der Waals surface area (Å²) in [7, 11) is -8.35. The minimum absolute atomic E-state index is 0.0382. The summed E-state index contributed by atoms with van der Waals surface area (Å²) >= 11 is 5.83. The van der Waals surface area contributed by atoms with Crippen LogP contribution in [0.5, 0.6) is 0 Å². The summed E-state index contributed by atoms with van der Waals surface area (Å²) in [5, 5.41) is 0.232. The van der Waals surface area contributed by atoms with Gasteiger partial charge in [-0.1, -0.05) is 29.8 Å². The molecule has 12 heteroatoms. The van der Waals surface area contributed by atoms with Gasteiger partial charge in [-0.25, -0.2) is 16.8 Å². The van der Waals surface area contributed by atoms with E-state index in [2.05, 4.69) is 0 Å². The molecule has 1 aliphatic heterocycles. The number of sulfonamides is 2. The maximum atomic E-state index is 13.2. The van der Waals surface area contributed by atoms with Gasteiger partial charge in [-0.3, -0.25) is 0 Å². The van der Waals surface area contributed by atoms with Crippen LogP contribution in [0.1, 0.15) is 5.56 Å². The summed E-state index contributed by atoms with van der Waals surface area (Å²) in [6.45, 7) is -0.923. The van der Waals surface area contributed by atoms with Gasteiger partial charge in [0.15, 0.2) is 0 Å². The molecule has 0 unspecified atom stereocenters. The lowest BCUT2D eigenvalue weighted by Gasteiger charge is -2.33. The zero-order valence-corrected chi connectivity index (χ0v) is 17.2. The highest BCUT2D eigenvalue weighted by molar-refractivity contribution is 7.89. The Balaban J connectivity index is 1.83. The zero-order valence-electron chi connectivity index (χ0n) is 14.8. The molecule has 0 amide bonds. The third kappa shape index (κ3) is 4.43. The van der Waals surface area contributed by atoms with Crippen LogP contribution >= 0.6 is 11.6 Å². The number of piperazine rings is 1. The maximum Gasteiger partial charge on any atom is 0.417 e. The molecule has 1 fully saturated rings. The van der Waals surface area contributed by atoms with Gasteiger partial charge in [-0.15, -0.1) is 0 Å². The lowest BCUT2D eigenvalue weighted by atomic mass is 10.2. The number of alkyl halides is 3. The Morgan fingerprint density at radius 2 is 1.34 bits per heavy atom. The predicted octanol–water partition coefficient (Wildman–Crippen LogP) is 3.05. The van der Waals surface area contributed by atoms with Crippen LogP contribution < -0.4 is 0 Å². The predicted molar refractivity (Wildman–Crippen MR) is 100 cm³/mol. The molecule has 29 heavy (non-hydrogen) atoms. The van der Waals surface area contributed by atoms with Crippen LogP contribution in [-0.2, 0) is 26.2 Å². The molecule has 1 saturated heterocycles. The van der Waals surface area contributed by atoms with Gasteiger partial charge < -0.3 is 0 Å². The first-order valence-corrected chi connectivity index (χ1v) is 11.6. The van der Waals surface area contributed by atoms with Crippen molar-refractivity contribution in [2.45, 2.75) is 16.0 Å². The van der Waals surface area contributed by atoms with E-state index < -0.39 is 36.7 Å². The Hall–Kier alpha value is -1.66. The summed E-state index contributed by atoms with van der Waals surface area (Å²) < 4.78 is 92.5. The molecule has 0 saturated carbocycles. The molecule has 0 bridgehead atoms. The second-order valence-electron chi connectivity index (χ2n) is 6.26. The molecule has 0 spiro atoms. The molecule has 0 aliphatic carbocycles. The molecular formula is C17H16ClF3N2O4S2. The fourth-order valence-electron chi connectivity index (χ4n) is 2.99. The zero-order chi connectivity index (χ0) is 21.4. The summed E-state index contributed by atoms with van der Waals surface area (Å²) in [6.07, 6.45) is -4.83. The number of halogens is 4. The molecule has 0 atom stereocenters. The van der Waals surface area contributed by atoms with E-state index in [9.17, 15) is 30.0 Å². The fraction of sp³-hybridized carbons (Fsp3) is 0.294. The summed E-state index contributed by atoms with van der Waals surface area (Å²) in [5.74, 6) is 0. The molecule has 0 N–H and O–H groups in total. The van der Waals surface area contributed by atoms with Gasteiger partial charge in [0, 0.05) is 31.2 Å². The highest BCUT2D eigenvalue weighted by Gasteiger charge is 2.40. The molecule has 1 heterocycles. The first kappa shape index (κ1) is 22.0. The molecule has 2 aromatic carbocycles. The molecule has 2 aromatic rings. The normalized spacial score (nSPS) is 17.4. The minimum atomic E-state index is -4.83. The van der Waals surface area contributed by atoms with Crippen molar-refractivity contribution >= 4 is 31.6 Å². The minimum Gasteiger partial charge on any atom is -0.207 e. The smallest absolute Gasteiger partial charge is 0.207 e. The number of rotatable bonds is 4. The van der Waals surface area contributed by atoms with Gasteiger partial charge >= 0.3 is 6.18 Å². The average molecular weight is 469 g/mol. The van der Waals surface area contributed by atoms with Crippen molar-refractivity contribution < 1.29 is 30.0 Å². The van der Waals surface area contributed by atoms with Crippen molar-refractivity contribution in [3.05, 3.63) is 59.1 Å². The monoisotopic (exact) mass is 468 g/mol. The quantitative estimate of drug-likeness (QED) is 0.691. The fourth-order valence-corrected chi connectivity index (χ4v) is 6.35. The van der Waals surface area contributed by atoms with Crippen LogP contribution in [-0.4, -0.2) is 51.6 Å². The summed E-state index contributed by atoms with van der Waals surface area (Å²) in [4.78, 5) is -0.887. The van der Waals surface area contributed by atoms with Crippen LogP contribution in [0.4, 0.5) is 13.2 Å². The molecule has 1 aliphatic rings. The standard InChI is InChI=1S/C17H16ClF3N2O4S2/c18-13-4-3-5-14(12-13)28(24,25)22-8-10-23(11-9-22)29(26,27)16-7-2-1-6-15(16)17(19,20)21/h1-7,12H,8-11H2. The molecule has 0 aromatic heterocycles. The highest BCUT2D eigenvalue weighted by Crippen LogP contribution is 2.35. The van der Waals surface area contributed by atoms with Crippen LogP contribution in [0.2, 0.25) is 5.02 Å². The third-order valence-electron chi connectivity index (χ3n) is 4.44. The van der Waals surface area contributed by atoms with Gasteiger partial charge in [0.25, 0.3) is 0 Å². The van der Waals surface area contributed by atoms with E-state index in [-0.39, 0.29) is 36.1 Å². The largest absolute Gasteiger partial charge is 0.417 e. The molecule has 158 valence electrons. The number of hydrogen-bond acceptors (Lipinski definition) is 4. The molecule has 3 rings (SSSR count). The Labute approximate surface area is 171 Å². The van der Waals surface area contributed by atoms with Gasteiger partial charge in [0.2, 0.25) is 20.0 Å². The summed E-state index contributed by atoms with van der Waals surface area (Å²) in [6, 6.07) is 9.55. The highest BCUT2D eigenvalue weighted by atomic mass is 35.5. The van der Waals surface area contributed by atoms with Crippen LogP contribution in [0.15, 0.2) is 58.3 Å². The van der Waals surface area contributed by atoms with Gasteiger partial charge in [-0.05, 0) is 30.3 Å². The lowest BCUT2D eigenvalue weighted by molar-refractivity contribution is -0.139. The Kier molecular flexibility index (Phi) is 5.98. The Morgan fingerprint density at radius 3 is 1.90 bits per heavy atom. The van der Waals surface area contributed by atoms with Crippen molar-refractivity contribution in [3.63, 3.8) is 0 Å². The van der Waals surface area contributed by atoms with E-state index in [1.807, 2.05) is 0 Å². The van der Waals surface area contributed by atoms with Crippen LogP contribution in [0.25, 0.3) is 0 Å². The Morgan fingerprint density at radius 1 is 0.793 bits per heavy atom.